The molecular weight excluding hydrogens is 567 g/mol. The molecule has 3 aromatic carbocycles. The van der Waals surface area contributed by atoms with Gasteiger partial charge in [0.2, 0.25) is 0 Å². The average molecular weight is 604 g/mol. The molecule has 2 amide bonds. The second kappa shape index (κ2) is 14.1. The van der Waals surface area contributed by atoms with E-state index in [9.17, 15) is 22.8 Å². The molecule has 0 radical (unpaired) electrons. The molecule has 0 aliphatic carbocycles. The van der Waals surface area contributed by atoms with Gasteiger partial charge in [0.25, 0.3) is 11.8 Å². The van der Waals surface area contributed by atoms with Crippen molar-refractivity contribution in [2.75, 3.05) is 26.2 Å². The Morgan fingerprint density at radius 2 is 1.07 bits per heavy atom. The monoisotopic (exact) mass is 603 g/mol. The lowest BCUT2D eigenvalue weighted by Crippen LogP contribution is -2.44. The van der Waals surface area contributed by atoms with E-state index < -0.39 is 11.7 Å². The van der Waals surface area contributed by atoms with E-state index in [1.165, 1.54) is 12.1 Å². The van der Waals surface area contributed by atoms with E-state index in [-0.39, 0.29) is 23.9 Å². The Kier molecular flexibility index (Phi) is 9.98. The highest BCUT2D eigenvalue weighted by atomic mass is 19.4. The lowest BCUT2D eigenvalue weighted by Gasteiger charge is -2.32. The number of nitrogens with zero attached hydrogens (tertiary/aromatic N) is 3. The summed E-state index contributed by atoms with van der Waals surface area (Å²) in [5.74, 6) is -0.337. The smallest absolute Gasteiger partial charge is 0.349 e. The molecule has 0 unspecified atom stereocenters. The van der Waals surface area contributed by atoms with Crippen molar-refractivity contribution in [2.45, 2.75) is 57.0 Å². The summed E-state index contributed by atoms with van der Waals surface area (Å²) in [6.07, 6.45) is -1.13. The molecule has 0 bridgehead atoms. The number of amides is 2. The number of benzene rings is 3. The van der Waals surface area contributed by atoms with Gasteiger partial charge in [0.1, 0.15) is 0 Å². The Morgan fingerprint density at radius 1 is 0.682 bits per heavy atom. The maximum Gasteiger partial charge on any atom is 0.416 e. The molecule has 0 aromatic heterocycles. The van der Waals surface area contributed by atoms with Crippen LogP contribution in [0, 0.1) is 11.3 Å². The topological polar surface area (TPSA) is 88.5 Å². The van der Waals surface area contributed by atoms with E-state index in [2.05, 4.69) is 26.5 Å². The van der Waals surface area contributed by atoms with Crippen molar-refractivity contribution in [2.24, 2.45) is 0 Å². The van der Waals surface area contributed by atoms with Crippen molar-refractivity contribution in [3.05, 3.63) is 106 Å². The molecule has 2 N–H and O–H groups in total. The SMILES string of the molecule is N#Cc1ccc(CN2CCC(NC(=O)c3ccc(C(=O)NC4CCN(Cc5ccc(C(F)(F)F)cc5)CC4)cc3)CC2)cc1. The molecule has 44 heavy (non-hydrogen) atoms. The number of carbonyl (C=O) groups excluding carboxylic acids is 2. The summed E-state index contributed by atoms with van der Waals surface area (Å²) < 4.78 is 38.4. The summed E-state index contributed by atoms with van der Waals surface area (Å²) in [5, 5.41) is 15.2. The predicted molar refractivity (Wildman–Crippen MR) is 161 cm³/mol. The zero-order chi connectivity index (χ0) is 31.1. The summed E-state index contributed by atoms with van der Waals surface area (Å²) in [7, 11) is 0. The van der Waals surface area contributed by atoms with Crippen LogP contribution in [0.15, 0.2) is 72.8 Å². The van der Waals surface area contributed by atoms with E-state index in [1.807, 2.05) is 24.3 Å². The molecule has 0 atom stereocenters. The van der Waals surface area contributed by atoms with Crippen LogP contribution in [0.5, 0.6) is 0 Å². The van der Waals surface area contributed by atoms with Crippen molar-refractivity contribution in [1.29, 1.82) is 5.26 Å². The molecule has 7 nitrogen and oxygen atoms in total. The van der Waals surface area contributed by atoms with E-state index in [1.54, 1.807) is 24.3 Å². The number of nitrogens with one attached hydrogen (secondary N) is 2. The second-order valence-electron chi connectivity index (χ2n) is 11.6. The van der Waals surface area contributed by atoms with Crippen LogP contribution in [0.1, 0.15) is 68.7 Å². The van der Waals surface area contributed by atoms with Crippen LogP contribution in [0.4, 0.5) is 13.2 Å². The Hall–Kier alpha value is -4.20. The molecule has 2 heterocycles. The molecule has 10 heteroatoms. The van der Waals surface area contributed by atoms with Gasteiger partial charge in [-0.2, -0.15) is 18.4 Å². The van der Waals surface area contributed by atoms with Crippen LogP contribution < -0.4 is 10.6 Å². The van der Waals surface area contributed by atoms with Crippen LogP contribution in [0.3, 0.4) is 0 Å². The van der Waals surface area contributed by atoms with Gasteiger partial charge in [-0.1, -0.05) is 24.3 Å². The number of rotatable bonds is 8. The number of likely N-dealkylation sites (tertiary alicyclic amines) is 2. The van der Waals surface area contributed by atoms with Crippen molar-refractivity contribution in [3.8, 4) is 6.07 Å². The highest BCUT2D eigenvalue weighted by Crippen LogP contribution is 2.29. The number of alkyl halides is 3. The normalized spacial score (nSPS) is 17.1. The highest BCUT2D eigenvalue weighted by molar-refractivity contribution is 5.98. The fraction of sp³-hybridized carbons (Fsp3) is 0.382. The number of nitriles is 1. The third kappa shape index (κ3) is 8.46. The van der Waals surface area contributed by atoms with Gasteiger partial charge >= 0.3 is 6.18 Å². The van der Waals surface area contributed by atoms with Crippen LogP contribution in [-0.4, -0.2) is 59.9 Å². The summed E-state index contributed by atoms with van der Waals surface area (Å²) in [6.45, 7) is 4.60. The molecule has 230 valence electrons. The largest absolute Gasteiger partial charge is 0.416 e. The minimum absolute atomic E-state index is 0.0112. The first-order valence-electron chi connectivity index (χ1n) is 15.0. The van der Waals surface area contributed by atoms with Crippen LogP contribution in [0.25, 0.3) is 0 Å². The third-order valence-corrected chi connectivity index (χ3v) is 8.43. The van der Waals surface area contributed by atoms with Crippen LogP contribution in [-0.2, 0) is 19.3 Å². The Balaban J connectivity index is 1.02. The second-order valence-corrected chi connectivity index (χ2v) is 11.6. The molecule has 2 fully saturated rings. The number of hydrogen-bond donors (Lipinski definition) is 2. The Labute approximate surface area is 255 Å². The van der Waals surface area contributed by atoms with E-state index in [4.69, 9.17) is 5.26 Å². The fourth-order valence-electron chi connectivity index (χ4n) is 5.78. The van der Waals surface area contributed by atoms with Gasteiger partial charge in [0.15, 0.2) is 0 Å². The lowest BCUT2D eigenvalue weighted by molar-refractivity contribution is -0.137. The van der Waals surface area contributed by atoms with Gasteiger partial charge in [0.05, 0.1) is 17.2 Å². The van der Waals surface area contributed by atoms with Gasteiger partial charge in [-0.15, -0.1) is 0 Å². The maximum atomic E-state index is 12.9. The zero-order valence-corrected chi connectivity index (χ0v) is 24.4. The summed E-state index contributed by atoms with van der Waals surface area (Å²) >= 11 is 0. The molecule has 0 saturated carbocycles. The minimum Gasteiger partial charge on any atom is -0.349 e. The number of halogens is 3. The molecule has 2 aliphatic heterocycles. The summed E-state index contributed by atoms with van der Waals surface area (Å²) in [5.41, 5.74) is 3.00. The first kappa shape index (κ1) is 31.2. The highest BCUT2D eigenvalue weighted by Gasteiger charge is 2.30. The Morgan fingerprint density at radius 3 is 1.43 bits per heavy atom. The Bertz CT molecular complexity index is 1450. The lowest BCUT2D eigenvalue weighted by atomic mass is 10.0. The molecule has 5 rings (SSSR count). The molecule has 0 spiro atoms. The van der Waals surface area contributed by atoms with Gasteiger partial charge < -0.3 is 10.6 Å². The number of piperidine rings is 2. The minimum atomic E-state index is -4.34. The van der Waals surface area contributed by atoms with Gasteiger partial charge in [-0.05, 0) is 85.3 Å². The van der Waals surface area contributed by atoms with Gasteiger partial charge in [-0.3, -0.25) is 19.4 Å². The summed E-state index contributed by atoms with van der Waals surface area (Å²) in [4.78, 5) is 30.2. The molecule has 3 aromatic rings. The predicted octanol–water partition coefficient (Wildman–Crippen LogP) is 5.37. The number of carbonyl (C=O) groups is 2. The fourth-order valence-corrected chi connectivity index (χ4v) is 5.78. The average Bonchev–Trinajstić information content (AvgIpc) is 3.03. The molecule has 2 saturated heterocycles. The van der Waals surface area contributed by atoms with E-state index in [0.717, 1.165) is 81.7 Å². The summed E-state index contributed by atoms with van der Waals surface area (Å²) in [6, 6.07) is 21.8. The standard InChI is InChI=1S/C34H36F3N5O2/c35-34(36,37)29-11-5-26(6-12-29)23-42-19-15-31(16-20-42)40-33(44)28-9-7-27(8-10-28)32(43)39-30-13-17-41(18-14-30)22-25-3-1-24(21-38)2-4-25/h1-12,30-31H,13-20,22-23H2,(H,39,43)(H,40,44). The molecular formula is C34H36F3N5O2. The first-order chi connectivity index (χ1) is 21.2. The molecule has 2 aliphatic rings. The van der Waals surface area contributed by atoms with Crippen LogP contribution in [0.2, 0.25) is 0 Å². The first-order valence-corrected chi connectivity index (χ1v) is 15.0. The van der Waals surface area contributed by atoms with Crippen molar-refractivity contribution in [1.82, 2.24) is 20.4 Å². The van der Waals surface area contributed by atoms with Gasteiger partial charge in [0, 0.05) is 62.5 Å². The van der Waals surface area contributed by atoms with Crippen LogP contribution >= 0.6 is 0 Å². The zero-order valence-electron chi connectivity index (χ0n) is 24.4. The van der Waals surface area contributed by atoms with E-state index in [0.29, 0.717) is 23.2 Å². The van der Waals surface area contributed by atoms with Crippen molar-refractivity contribution < 1.29 is 22.8 Å². The number of hydrogen-bond acceptors (Lipinski definition) is 5. The third-order valence-electron chi connectivity index (χ3n) is 8.43. The van der Waals surface area contributed by atoms with Gasteiger partial charge in [-0.25, -0.2) is 0 Å². The van der Waals surface area contributed by atoms with Crippen molar-refractivity contribution >= 4 is 11.8 Å². The van der Waals surface area contributed by atoms with E-state index >= 15 is 0 Å². The maximum absolute atomic E-state index is 12.9. The van der Waals surface area contributed by atoms with Crippen molar-refractivity contribution in [3.63, 3.8) is 0 Å². The quantitative estimate of drug-likeness (QED) is 0.362.